The smallest absolute Gasteiger partial charge is 0.289 e. The van der Waals surface area contributed by atoms with Gasteiger partial charge in [-0.25, -0.2) is 13.2 Å². The lowest BCUT2D eigenvalue weighted by atomic mass is 10.0. The highest BCUT2D eigenvalue weighted by Crippen LogP contribution is 2.31. The first-order chi connectivity index (χ1) is 6.88. The summed E-state index contributed by atoms with van der Waals surface area (Å²) in [6, 6.07) is 0.746. The van der Waals surface area contributed by atoms with E-state index in [1.807, 2.05) is 0 Å². The number of rotatable bonds is 3. The minimum atomic E-state index is -3.60. The van der Waals surface area contributed by atoms with Crippen LogP contribution < -0.4 is 5.73 Å². The third kappa shape index (κ3) is 3.01. The van der Waals surface area contributed by atoms with Crippen LogP contribution in [0.3, 0.4) is 0 Å². The molecule has 0 aliphatic carbocycles. The van der Waals surface area contributed by atoms with Gasteiger partial charge in [0.1, 0.15) is 18.2 Å². The largest absolute Gasteiger partial charge is 0.508 e. The Bertz CT molecular complexity index is 363. The van der Waals surface area contributed by atoms with Crippen molar-refractivity contribution in [1.82, 2.24) is 0 Å². The van der Waals surface area contributed by atoms with Gasteiger partial charge in [0, 0.05) is 11.6 Å². The van der Waals surface area contributed by atoms with Crippen LogP contribution in [0.5, 0.6) is 5.75 Å². The molecule has 0 bridgehead atoms. The van der Waals surface area contributed by atoms with Crippen LogP contribution in [-0.2, 0) is 0 Å². The van der Waals surface area contributed by atoms with E-state index in [9.17, 15) is 13.2 Å². The molecular formula is C9H11ClF3NO2. The van der Waals surface area contributed by atoms with E-state index in [2.05, 4.69) is 0 Å². The van der Waals surface area contributed by atoms with Gasteiger partial charge in [-0.15, -0.1) is 12.4 Å². The van der Waals surface area contributed by atoms with Gasteiger partial charge in [0.15, 0.2) is 0 Å². The maximum Gasteiger partial charge on any atom is 0.289 e. The number of alkyl halides is 2. The standard InChI is InChI=1S/C9H10F3NO2.ClH/c10-7-3-5(15)1-2-6(7)8(13)9(11,12)4-14;/h1-3,8,14-15H,4,13H2;1H/t8-;/m1./s1. The van der Waals surface area contributed by atoms with E-state index in [4.69, 9.17) is 15.9 Å². The number of hydrogen-bond acceptors (Lipinski definition) is 3. The number of phenolic OH excluding ortho intramolecular Hbond substituents is 1. The van der Waals surface area contributed by atoms with Crippen molar-refractivity contribution in [2.24, 2.45) is 5.73 Å². The minimum absolute atomic E-state index is 0. The summed E-state index contributed by atoms with van der Waals surface area (Å²) in [6.45, 7) is -1.46. The van der Waals surface area contributed by atoms with Crippen molar-refractivity contribution in [1.29, 1.82) is 0 Å². The van der Waals surface area contributed by atoms with Gasteiger partial charge in [0.2, 0.25) is 0 Å². The minimum Gasteiger partial charge on any atom is -0.508 e. The molecule has 0 aromatic heterocycles. The third-order valence-electron chi connectivity index (χ3n) is 1.98. The summed E-state index contributed by atoms with van der Waals surface area (Å²) in [5.41, 5.74) is 4.65. The van der Waals surface area contributed by atoms with E-state index < -0.39 is 30.0 Å². The molecule has 0 spiro atoms. The summed E-state index contributed by atoms with van der Waals surface area (Å²) in [4.78, 5) is 0. The summed E-state index contributed by atoms with van der Waals surface area (Å²) in [6.07, 6.45) is 0. The molecule has 92 valence electrons. The Hall–Kier alpha value is -0.980. The summed E-state index contributed by atoms with van der Waals surface area (Å²) >= 11 is 0. The number of halogens is 4. The van der Waals surface area contributed by atoms with E-state index >= 15 is 0 Å². The molecule has 7 heteroatoms. The summed E-state index contributed by atoms with van der Waals surface area (Å²) < 4.78 is 38.9. The Balaban J connectivity index is 0.00000225. The van der Waals surface area contributed by atoms with E-state index in [0.29, 0.717) is 6.07 Å². The maximum absolute atomic E-state index is 13.1. The molecule has 1 rings (SSSR count). The molecule has 1 aromatic rings. The molecule has 0 fully saturated rings. The number of nitrogens with two attached hydrogens (primary N) is 1. The highest BCUT2D eigenvalue weighted by Gasteiger charge is 2.38. The number of benzene rings is 1. The number of phenols is 1. The van der Waals surface area contributed by atoms with Crippen LogP contribution >= 0.6 is 12.4 Å². The first-order valence-electron chi connectivity index (χ1n) is 4.11. The van der Waals surface area contributed by atoms with Gasteiger partial charge >= 0.3 is 0 Å². The van der Waals surface area contributed by atoms with Crippen molar-refractivity contribution in [3.05, 3.63) is 29.6 Å². The molecule has 4 N–H and O–H groups in total. The molecule has 0 aliphatic rings. The van der Waals surface area contributed by atoms with Crippen LogP contribution in [0.25, 0.3) is 0 Å². The van der Waals surface area contributed by atoms with Crippen LogP contribution in [0.4, 0.5) is 13.2 Å². The van der Waals surface area contributed by atoms with Crippen molar-refractivity contribution >= 4 is 12.4 Å². The van der Waals surface area contributed by atoms with Crippen LogP contribution in [0.1, 0.15) is 11.6 Å². The van der Waals surface area contributed by atoms with Crippen LogP contribution in [0.2, 0.25) is 0 Å². The molecule has 0 saturated heterocycles. The van der Waals surface area contributed by atoms with Crippen molar-refractivity contribution in [2.45, 2.75) is 12.0 Å². The lowest BCUT2D eigenvalue weighted by molar-refractivity contribution is -0.0718. The SMILES string of the molecule is Cl.N[C@H](c1ccc(O)cc1F)C(F)(F)CO. The fourth-order valence-electron chi connectivity index (χ4n) is 1.09. The maximum atomic E-state index is 13.1. The van der Waals surface area contributed by atoms with E-state index in [1.54, 1.807) is 0 Å². The molecule has 0 aliphatic heterocycles. The van der Waals surface area contributed by atoms with Gasteiger partial charge in [-0.2, -0.15) is 0 Å². The van der Waals surface area contributed by atoms with Crippen LogP contribution in [0.15, 0.2) is 18.2 Å². The van der Waals surface area contributed by atoms with Crippen molar-refractivity contribution < 1.29 is 23.4 Å². The second kappa shape index (κ2) is 5.38. The summed E-state index contributed by atoms with van der Waals surface area (Å²) in [5, 5.41) is 17.2. The normalized spacial score (nSPS) is 13.1. The second-order valence-electron chi connectivity index (χ2n) is 3.10. The number of aliphatic hydroxyl groups excluding tert-OH is 1. The molecule has 0 unspecified atom stereocenters. The van der Waals surface area contributed by atoms with Crippen LogP contribution in [-0.4, -0.2) is 22.7 Å². The zero-order chi connectivity index (χ0) is 11.6. The first kappa shape index (κ1) is 15.0. The van der Waals surface area contributed by atoms with Gasteiger partial charge < -0.3 is 15.9 Å². The zero-order valence-electron chi connectivity index (χ0n) is 8.03. The van der Waals surface area contributed by atoms with Crippen molar-refractivity contribution in [3.63, 3.8) is 0 Å². The Labute approximate surface area is 96.1 Å². The van der Waals surface area contributed by atoms with Crippen molar-refractivity contribution in [2.75, 3.05) is 6.61 Å². The Kier molecular flexibility index (Phi) is 5.05. The fourth-order valence-corrected chi connectivity index (χ4v) is 1.09. The monoisotopic (exact) mass is 257 g/mol. The number of hydrogen-bond donors (Lipinski definition) is 3. The molecule has 16 heavy (non-hydrogen) atoms. The van der Waals surface area contributed by atoms with Gasteiger partial charge in [-0.3, -0.25) is 0 Å². The third-order valence-corrected chi connectivity index (χ3v) is 1.98. The highest BCUT2D eigenvalue weighted by molar-refractivity contribution is 5.85. The fraction of sp³-hybridized carbons (Fsp3) is 0.333. The number of aromatic hydroxyl groups is 1. The average Bonchev–Trinajstić information content (AvgIpc) is 2.17. The molecule has 1 atom stereocenters. The van der Waals surface area contributed by atoms with Gasteiger partial charge in [0.25, 0.3) is 5.92 Å². The molecule has 1 aromatic carbocycles. The van der Waals surface area contributed by atoms with Gasteiger partial charge in [-0.1, -0.05) is 6.07 Å². The van der Waals surface area contributed by atoms with E-state index in [1.165, 1.54) is 0 Å². The summed E-state index contributed by atoms with van der Waals surface area (Å²) in [7, 11) is 0. The van der Waals surface area contributed by atoms with Crippen LogP contribution in [0, 0.1) is 5.82 Å². The Morgan fingerprint density at radius 3 is 2.38 bits per heavy atom. The van der Waals surface area contributed by atoms with Gasteiger partial charge in [0.05, 0.1) is 6.04 Å². The average molecular weight is 258 g/mol. The Morgan fingerprint density at radius 2 is 1.94 bits per heavy atom. The first-order valence-corrected chi connectivity index (χ1v) is 4.11. The predicted octanol–water partition coefficient (Wildman–Crippen LogP) is 1.58. The molecule has 0 heterocycles. The molecular weight excluding hydrogens is 247 g/mol. The van der Waals surface area contributed by atoms with E-state index in [0.717, 1.165) is 12.1 Å². The van der Waals surface area contributed by atoms with E-state index in [-0.39, 0.29) is 18.2 Å². The van der Waals surface area contributed by atoms with Crippen molar-refractivity contribution in [3.8, 4) is 5.75 Å². The lowest BCUT2D eigenvalue weighted by Gasteiger charge is -2.21. The quantitative estimate of drug-likeness (QED) is 0.770. The van der Waals surface area contributed by atoms with Gasteiger partial charge in [-0.05, 0) is 6.07 Å². The Morgan fingerprint density at radius 1 is 1.38 bits per heavy atom. The predicted molar refractivity (Wildman–Crippen MR) is 54.3 cm³/mol. The number of aliphatic hydroxyl groups is 1. The molecule has 0 radical (unpaired) electrons. The highest BCUT2D eigenvalue weighted by atomic mass is 35.5. The summed E-state index contributed by atoms with van der Waals surface area (Å²) in [5.74, 6) is -5.01. The lowest BCUT2D eigenvalue weighted by Crippen LogP contribution is -2.36. The topological polar surface area (TPSA) is 66.5 Å². The second-order valence-corrected chi connectivity index (χ2v) is 3.10. The molecule has 3 nitrogen and oxygen atoms in total. The zero-order valence-corrected chi connectivity index (χ0v) is 8.85. The molecule has 0 saturated carbocycles. The molecule has 0 amide bonds.